The molecule has 1 atom stereocenters. The van der Waals surface area contributed by atoms with Crippen LogP contribution in [0.3, 0.4) is 0 Å². The number of carbonyl (C=O) groups excluding carboxylic acids is 1. The summed E-state index contributed by atoms with van der Waals surface area (Å²) < 4.78 is 5.47. The smallest absolute Gasteiger partial charge is 0.253 e. The number of hydrogen-bond acceptors (Lipinski definition) is 7. The maximum atomic E-state index is 13.0. The van der Waals surface area contributed by atoms with E-state index in [1.54, 1.807) is 42.4 Å². The molecule has 0 aliphatic carbocycles. The van der Waals surface area contributed by atoms with Gasteiger partial charge in [0.1, 0.15) is 17.9 Å². The fourth-order valence-corrected chi connectivity index (χ4v) is 4.42. The highest BCUT2D eigenvalue weighted by molar-refractivity contribution is 5.94. The standard InChI is InChI=1S/C25H31N5O3/c1-18-4-9-21-23(28-18)22(10-13-27-21)30-14-3-11-25(32,17-30)16-29(2)24(31)19-5-7-20(8-6-19)33-15-12-26/h4-10,13,32H,3,11-12,14-17,26H2,1-2H3/t25-/m0/s1. The molecule has 3 heterocycles. The number of β-amino-alcohol motifs (C(OH)–C–C–N with tert-alkyl or cyclic N) is 1. The molecule has 4 rings (SSSR count). The Hall–Kier alpha value is -3.23. The number of ether oxygens (including phenoxy) is 1. The van der Waals surface area contributed by atoms with Crippen molar-refractivity contribution >= 4 is 22.6 Å². The summed E-state index contributed by atoms with van der Waals surface area (Å²) in [5.74, 6) is 0.534. The number of aliphatic hydroxyl groups is 1. The molecule has 8 nitrogen and oxygen atoms in total. The van der Waals surface area contributed by atoms with E-state index in [1.807, 2.05) is 25.1 Å². The molecule has 0 saturated carbocycles. The molecular formula is C25H31N5O3. The van der Waals surface area contributed by atoms with Crippen LogP contribution in [0.15, 0.2) is 48.7 Å². The fraction of sp³-hybridized carbons (Fsp3) is 0.400. The monoisotopic (exact) mass is 449 g/mol. The van der Waals surface area contributed by atoms with E-state index in [4.69, 9.17) is 10.5 Å². The molecule has 0 radical (unpaired) electrons. The molecule has 1 aliphatic rings. The third-order valence-corrected chi connectivity index (χ3v) is 5.96. The van der Waals surface area contributed by atoms with Crippen LogP contribution < -0.4 is 15.4 Å². The Labute approximate surface area is 194 Å². The van der Waals surface area contributed by atoms with Crippen molar-refractivity contribution in [3.8, 4) is 5.75 Å². The van der Waals surface area contributed by atoms with E-state index in [0.717, 1.165) is 35.4 Å². The highest BCUT2D eigenvalue weighted by Crippen LogP contribution is 2.30. The number of aromatic nitrogens is 2. The zero-order valence-electron chi connectivity index (χ0n) is 19.2. The lowest BCUT2D eigenvalue weighted by atomic mass is 9.91. The predicted molar refractivity (Wildman–Crippen MR) is 129 cm³/mol. The van der Waals surface area contributed by atoms with E-state index in [1.165, 1.54) is 0 Å². The molecular weight excluding hydrogens is 418 g/mol. The summed E-state index contributed by atoms with van der Waals surface area (Å²) >= 11 is 0. The molecule has 1 saturated heterocycles. The van der Waals surface area contributed by atoms with Crippen molar-refractivity contribution in [3.05, 3.63) is 59.9 Å². The maximum Gasteiger partial charge on any atom is 0.253 e. The fourth-order valence-electron chi connectivity index (χ4n) is 4.42. The van der Waals surface area contributed by atoms with Gasteiger partial charge in [0.05, 0.1) is 23.3 Å². The third-order valence-electron chi connectivity index (χ3n) is 5.96. The zero-order chi connectivity index (χ0) is 23.4. The predicted octanol–water partition coefficient (Wildman–Crippen LogP) is 2.38. The Kier molecular flexibility index (Phi) is 6.76. The second kappa shape index (κ2) is 9.72. The highest BCUT2D eigenvalue weighted by atomic mass is 16.5. The minimum absolute atomic E-state index is 0.141. The number of pyridine rings is 2. The zero-order valence-corrected chi connectivity index (χ0v) is 19.2. The molecule has 1 amide bonds. The quantitative estimate of drug-likeness (QED) is 0.571. The van der Waals surface area contributed by atoms with Crippen molar-refractivity contribution in [3.63, 3.8) is 0 Å². The van der Waals surface area contributed by atoms with Crippen molar-refractivity contribution < 1.29 is 14.6 Å². The number of aryl methyl sites for hydroxylation is 1. The molecule has 3 N–H and O–H groups in total. The summed E-state index contributed by atoms with van der Waals surface area (Å²) in [5.41, 5.74) is 8.54. The van der Waals surface area contributed by atoms with Gasteiger partial charge >= 0.3 is 0 Å². The van der Waals surface area contributed by atoms with Crippen LogP contribution in [0.4, 0.5) is 5.69 Å². The maximum absolute atomic E-state index is 13.0. The van der Waals surface area contributed by atoms with Crippen LogP contribution in [0.2, 0.25) is 0 Å². The molecule has 1 aliphatic heterocycles. The van der Waals surface area contributed by atoms with Crippen molar-refractivity contribution in [2.24, 2.45) is 5.73 Å². The van der Waals surface area contributed by atoms with Gasteiger partial charge in [0.2, 0.25) is 0 Å². The lowest BCUT2D eigenvalue weighted by Gasteiger charge is -2.42. The van der Waals surface area contributed by atoms with Crippen LogP contribution in [0.5, 0.6) is 5.75 Å². The minimum atomic E-state index is -1.02. The molecule has 1 fully saturated rings. The summed E-state index contributed by atoms with van der Waals surface area (Å²) in [4.78, 5) is 25.8. The van der Waals surface area contributed by atoms with Crippen LogP contribution in [0, 0.1) is 6.92 Å². The summed E-state index contributed by atoms with van der Waals surface area (Å²) in [5, 5.41) is 11.4. The number of carbonyl (C=O) groups is 1. The van der Waals surface area contributed by atoms with Crippen molar-refractivity contribution in [2.45, 2.75) is 25.4 Å². The number of likely N-dealkylation sites (N-methyl/N-ethyl adjacent to an activating group) is 1. The first-order valence-electron chi connectivity index (χ1n) is 11.3. The van der Waals surface area contributed by atoms with Crippen LogP contribution in [-0.4, -0.2) is 71.3 Å². The average molecular weight is 450 g/mol. The van der Waals surface area contributed by atoms with Gasteiger partial charge in [0.25, 0.3) is 5.91 Å². The molecule has 0 spiro atoms. The first-order chi connectivity index (χ1) is 15.9. The van der Waals surface area contributed by atoms with E-state index >= 15 is 0 Å². The van der Waals surface area contributed by atoms with Gasteiger partial charge in [0.15, 0.2) is 0 Å². The van der Waals surface area contributed by atoms with E-state index in [-0.39, 0.29) is 12.5 Å². The Morgan fingerprint density at radius 1 is 1.24 bits per heavy atom. The number of nitrogens with zero attached hydrogens (tertiary/aromatic N) is 4. The second-order valence-electron chi connectivity index (χ2n) is 8.72. The van der Waals surface area contributed by atoms with E-state index < -0.39 is 5.60 Å². The molecule has 3 aromatic rings. The molecule has 33 heavy (non-hydrogen) atoms. The number of fused-ring (bicyclic) bond motifs is 1. The Balaban J connectivity index is 1.47. The number of amides is 1. The first-order valence-corrected chi connectivity index (χ1v) is 11.3. The SMILES string of the molecule is Cc1ccc2nccc(N3CCC[C@](O)(CN(C)C(=O)c4ccc(OCCN)cc4)C3)c2n1. The summed E-state index contributed by atoms with van der Waals surface area (Å²) in [6, 6.07) is 12.9. The lowest BCUT2D eigenvalue weighted by molar-refractivity contribution is 0.0000608. The van der Waals surface area contributed by atoms with Gasteiger partial charge in [-0.3, -0.25) is 9.78 Å². The largest absolute Gasteiger partial charge is 0.492 e. The molecule has 174 valence electrons. The topological polar surface area (TPSA) is 105 Å². The van der Waals surface area contributed by atoms with Crippen LogP contribution in [-0.2, 0) is 0 Å². The number of hydrogen-bond donors (Lipinski definition) is 2. The van der Waals surface area contributed by atoms with Gasteiger partial charge in [-0.1, -0.05) is 0 Å². The first kappa shape index (κ1) is 22.9. The van der Waals surface area contributed by atoms with E-state index in [2.05, 4.69) is 14.9 Å². The number of rotatable bonds is 7. The van der Waals surface area contributed by atoms with Gasteiger partial charge < -0.3 is 25.4 Å². The van der Waals surface area contributed by atoms with E-state index in [0.29, 0.717) is 37.4 Å². The highest BCUT2D eigenvalue weighted by Gasteiger charge is 2.36. The molecule has 2 aromatic heterocycles. The van der Waals surface area contributed by atoms with Gasteiger partial charge in [-0.25, -0.2) is 4.98 Å². The number of anilines is 1. The Morgan fingerprint density at radius 3 is 2.79 bits per heavy atom. The summed E-state index contributed by atoms with van der Waals surface area (Å²) in [6.45, 7) is 4.30. The molecule has 1 aromatic carbocycles. The van der Waals surface area contributed by atoms with Crippen molar-refractivity contribution in [2.75, 3.05) is 44.7 Å². The van der Waals surface area contributed by atoms with Gasteiger partial charge in [-0.05, 0) is 62.2 Å². The summed E-state index contributed by atoms with van der Waals surface area (Å²) in [7, 11) is 1.73. The van der Waals surface area contributed by atoms with Crippen LogP contribution >= 0.6 is 0 Å². The molecule has 0 bridgehead atoms. The van der Waals surface area contributed by atoms with E-state index in [9.17, 15) is 9.90 Å². The van der Waals surface area contributed by atoms with Gasteiger partial charge in [-0.2, -0.15) is 0 Å². The van der Waals surface area contributed by atoms with Crippen LogP contribution in [0.25, 0.3) is 11.0 Å². The average Bonchev–Trinajstić information content (AvgIpc) is 2.82. The number of benzene rings is 1. The summed E-state index contributed by atoms with van der Waals surface area (Å²) in [6.07, 6.45) is 3.22. The normalized spacial score (nSPS) is 18.4. The second-order valence-corrected chi connectivity index (χ2v) is 8.72. The number of piperidine rings is 1. The van der Waals surface area contributed by atoms with Crippen LogP contribution in [0.1, 0.15) is 28.9 Å². The Morgan fingerprint density at radius 2 is 2.03 bits per heavy atom. The third kappa shape index (κ3) is 5.23. The number of nitrogens with two attached hydrogens (primary N) is 1. The van der Waals surface area contributed by atoms with Crippen molar-refractivity contribution in [1.29, 1.82) is 0 Å². The Bertz CT molecular complexity index is 1120. The van der Waals surface area contributed by atoms with Gasteiger partial charge in [0, 0.05) is 44.1 Å². The van der Waals surface area contributed by atoms with Gasteiger partial charge in [-0.15, -0.1) is 0 Å². The molecule has 8 heteroatoms. The lowest BCUT2D eigenvalue weighted by Crippen LogP contribution is -2.54. The van der Waals surface area contributed by atoms with Crippen molar-refractivity contribution in [1.82, 2.24) is 14.9 Å². The molecule has 0 unspecified atom stereocenters. The minimum Gasteiger partial charge on any atom is -0.492 e.